The van der Waals surface area contributed by atoms with E-state index in [-0.39, 0.29) is 45.0 Å². The van der Waals surface area contributed by atoms with E-state index in [1.807, 2.05) is 13.8 Å². The molecule has 0 aromatic heterocycles. The van der Waals surface area contributed by atoms with Crippen molar-refractivity contribution < 1.29 is 39.6 Å². The Hall–Kier alpha value is -4.66. The normalized spacial score (nSPS) is 10.8. The van der Waals surface area contributed by atoms with Crippen LogP contribution >= 0.6 is 0 Å². The molecule has 3 aromatic carbocycles. The largest absolute Gasteiger partial charge is 0.478 e. The van der Waals surface area contributed by atoms with Crippen molar-refractivity contribution in [3.05, 3.63) is 76.3 Å². The number of nitrogens with two attached hydrogens (primary N) is 1. The van der Waals surface area contributed by atoms with E-state index in [2.05, 4.69) is 0 Å². The van der Waals surface area contributed by atoms with E-state index in [1.165, 1.54) is 24.3 Å². The molecule has 3 aromatic rings. The lowest BCUT2D eigenvalue weighted by atomic mass is 9.88. The van der Waals surface area contributed by atoms with Crippen LogP contribution in [0.5, 0.6) is 0 Å². The van der Waals surface area contributed by atoms with E-state index >= 15 is 0 Å². The molecule has 6 N–H and O–H groups in total. The van der Waals surface area contributed by atoms with Gasteiger partial charge >= 0.3 is 23.9 Å². The first kappa shape index (κ1) is 24.0. The monoisotopic (exact) mass is 463 g/mol. The van der Waals surface area contributed by atoms with Crippen LogP contribution < -0.4 is 5.73 Å². The van der Waals surface area contributed by atoms with Crippen LogP contribution in [0, 0.1) is 0 Å². The molecule has 0 amide bonds. The second-order valence-electron chi connectivity index (χ2n) is 8.00. The zero-order chi connectivity index (χ0) is 25.3. The second kappa shape index (κ2) is 9.07. The van der Waals surface area contributed by atoms with Crippen molar-refractivity contribution in [2.75, 3.05) is 5.73 Å². The van der Waals surface area contributed by atoms with E-state index in [0.29, 0.717) is 11.1 Å². The molecule has 0 aliphatic heterocycles. The highest BCUT2D eigenvalue weighted by Crippen LogP contribution is 2.39. The topological polar surface area (TPSA) is 175 Å². The molecule has 0 aliphatic rings. The van der Waals surface area contributed by atoms with Crippen LogP contribution in [0.1, 0.15) is 66.8 Å². The second-order valence-corrected chi connectivity index (χ2v) is 8.00. The summed E-state index contributed by atoms with van der Waals surface area (Å²) in [6, 6.07) is 10.7. The van der Waals surface area contributed by atoms with Gasteiger partial charge in [-0.2, -0.15) is 0 Å². The van der Waals surface area contributed by atoms with Gasteiger partial charge in [0, 0.05) is 16.8 Å². The van der Waals surface area contributed by atoms with Gasteiger partial charge in [-0.1, -0.05) is 13.8 Å². The minimum atomic E-state index is -1.32. The first-order valence-corrected chi connectivity index (χ1v) is 10.1. The van der Waals surface area contributed by atoms with Crippen LogP contribution in [0.15, 0.2) is 48.5 Å². The molecule has 0 spiro atoms. The SMILES string of the molecule is CC(C)c1cc(-c2cc(C(=O)O)cc(C(=O)O)c2)c(N)c(-c2cc(C(=O)O)cc(C(=O)O)c2)c1. The number of hydrogen-bond donors (Lipinski definition) is 5. The summed E-state index contributed by atoms with van der Waals surface area (Å²) in [5.74, 6) is -5.31. The number of aromatic carboxylic acids is 4. The molecule has 174 valence electrons. The van der Waals surface area contributed by atoms with Crippen molar-refractivity contribution >= 4 is 29.6 Å². The van der Waals surface area contributed by atoms with E-state index in [4.69, 9.17) is 5.73 Å². The van der Waals surface area contributed by atoms with Gasteiger partial charge in [-0.05, 0) is 71.1 Å². The predicted octanol–water partition coefficient (Wildman–Crippen LogP) is 4.52. The third-order valence-electron chi connectivity index (χ3n) is 5.34. The summed E-state index contributed by atoms with van der Waals surface area (Å²) in [4.78, 5) is 46.3. The van der Waals surface area contributed by atoms with Crippen LogP contribution in [0.3, 0.4) is 0 Å². The van der Waals surface area contributed by atoms with Crippen LogP contribution in [-0.4, -0.2) is 44.3 Å². The number of hydrogen-bond acceptors (Lipinski definition) is 5. The Labute approximate surface area is 193 Å². The van der Waals surface area contributed by atoms with Gasteiger partial charge < -0.3 is 26.2 Å². The van der Waals surface area contributed by atoms with Crippen molar-refractivity contribution in [3.63, 3.8) is 0 Å². The fourth-order valence-corrected chi connectivity index (χ4v) is 3.55. The van der Waals surface area contributed by atoms with Crippen LogP contribution in [0.2, 0.25) is 0 Å². The molecule has 0 radical (unpaired) electrons. The minimum absolute atomic E-state index is 0.0405. The molecule has 0 heterocycles. The zero-order valence-electron chi connectivity index (χ0n) is 18.2. The van der Waals surface area contributed by atoms with E-state index in [0.717, 1.165) is 17.7 Å². The molecule has 9 heteroatoms. The Kier molecular flexibility index (Phi) is 6.40. The molecule has 0 unspecified atom stereocenters. The highest BCUT2D eigenvalue weighted by atomic mass is 16.4. The highest BCUT2D eigenvalue weighted by Gasteiger charge is 2.20. The molecule has 0 fully saturated rings. The molecule has 3 rings (SSSR count). The van der Waals surface area contributed by atoms with E-state index in [1.54, 1.807) is 12.1 Å². The van der Waals surface area contributed by atoms with Crippen molar-refractivity contribution in [1.29, 1.82) is 0 Å². The lowest BCUT2D eigenvalue weighted by Gasteiger charge is -2.18. The molecular formula is C25H21NO8. The van der Waals surface area contributed by atoms with Gasteiger partial charge in [0.25, 0.3) is 0 Å². The van der Waals surface area contributed by atoms with E-state index in [9.17, 15) is 39.6 Å². The third-order valence-corrected chi connectivity index (χ3v) is 5.34. The molecule has 0 atom stereocenters. The quantitative estimate of drug-likeness (QED) is 0.315. The van der Waals surface area contributed by atoms with Crippen LogP contribution in [0.25, 0.3) is 22.3 Å². The van der Waals surface area contributed by atoms with Crippen molar-refractivity contribution in [2.45, 2.75) is 19.8 Å². The first-order valence-electron chi connectivity index (χ1n) is 10.1. The first-order chi connectivity index (χ1) is 15.9. The minimum Gasteiger partial charge on any atom is -0.478 e. The summed E-state index contributed by atoms with van der Waals surface area (Å²) < 4.78 is 0. The van der Waals surface area contributed by atoms with Crippen molar-refractivity contribution in [2.24, 2.45) is 0 Å². The average Bonchev–Trinajstić information content (AvgIpc) is 2.78. The summed E-state index contributed by atoms with van der Waals surface area (Å²) in [7, 11) is 0. The molecule has 0 saturated carbocycles. The van der Waals surface area contributed by atoms with Gasteiger partial charge in [0.15, 0.2) is 0 Å². The van der Waals surface area contributed by atoms with Gasteiger partial charge in [0.2, 0.25) is 0 Å². The molecule has 34 heavy (non-hydrogen) atoms. The lowest BCUT2D eigenvalue weighted by molar-refractivity contribution is 0.0676. The standard InChI is InChI=1S/C25H21NO8/c1-11(2)12-9-19(13-3-15(22(27)28)7-16(4-13)23(29)30)21(26)20(10-12)14-5-17(24(31)32)8-18(6-14)25(33)34/h3-11H,26H2,1-2H3,(H,27,28)(H,29,30)(H,31,32)(H,33,34). The van der Waals surface area contributed by atoms with Crippen molar-refractivity contribution in [3.8, 4) is 22.3 Å². The number of anilines is 1. The van der Waals surface area contributed by atoms with Gasteiger partial charge in [0.05, 0.1) is 22.3 Å². The number of rotatable bonds is 7. The fourth-order valence-electron chi connectivity index (χ4n) is 3.55. The Morgan fingerprint density at radius 2 is 0.882 bits per heavy atom. The number of benzene rings is 3. The summed E-state index contributed by atoms with van der Waals surface area (Å²) in [6.45, 7) is 3.79. The highest BCUT2D eigenvalue weighted by molar-refractivity contribution is 6.00. The van der Waals surface area contributed by atoms with Crippen molar-refractivity contribution in [1.82, 2.24) is 0 Å². The zero-order valence-corrected chi connectivity index (χ0v) is 18.2. The van der Waals surface area contributed by atoms with Crippen LogP contribution in [-0.2, 0) is 0 Å². The molecular weight excluding hydrogens is 442 g/mol. The Balaban J connectivity index is 2.38. The number of carboxylic acid groups (broad SMARTS) is 4. The number of nitrogen functional groups attached to an aromatic ring is 1. The summed E-state index contributed by atoms with van der Waals surface area (Å²) >= 11 is 0. The Bertz CT molecular complexity index is 1200. The molecule has 0 aliphatic carbocycles. The van der Waals surface area contributed by atoms with E-state index < -0.39 is 23.9 Å². The smallest absolute Gasteiger partial charge is 0.335 e. The third kappa shape index (κ3) is 4.73. The van der Waals surface area contributed by atoms with Gasteiger partial charge in [0.1, 0.15) is 0 Å². The maximum absolute atomic E-state index is 11.6. The maximum atomic E-state index is 11.6. The molecule has 0 saturated heterocycles. The predicted molar refractivity (Wildman–Crippen MR) is 124 cm³/mol. The summed E-state index contributed by atoms with van der Waals surface area (Å²) in [5.41, 5.74) is 7.47. The van der Waals surface area contributed by atoms with Gasteiger partial charge in [-0.15, -0.1) is 0 Å². The summed E-state index contributed by atoms with van der Waals surface area (Å²) in [6.07, 6.45) is 0. The van der Waals surface area contributed by atoms with Gasteiger partial charge in [-0.25, -0.2) is 19.2 Å². The Morgan fingerprint density at radius 1 is 0.588 bits per heavy atom. The lowest BCUT2D eigenvalue weighted by Crippen LogP contribution is -2.06. The van der Waals surface area contributed by atoms with Crippen LogP contribution in [0.4, 0.5) is 5.69 Å². The Morgan fingerprint density at radius 3 is 1.12 bits per heavy atom. The fraction of sp³-hybridized carbons (Fsp3) is 0.120. The number of carboxylic acids is 4. The molecule has 0 bridgehead atoms. The average molecular weight is 463 g/mol. The summed E-state index contributed by atoms with van der Waals surface area (Å²) in [5, 5.41) is 37.7. The number of carbonyl (C=O) groups is 4. The molecule has 9 nitrogen and oxygen atoms in total. The van der Waals surface area contributed by atoms with Gasteiger partial charge in [-0.3, -0.25) is 0 Å². The maximum Gasteiger partial charge on any atom is 0.335 e.